The van der Waals surface area contributed by atoms with Crippen molar-refractivity contribution in [3.8, 4) is 5.69 Å². The Kier molecular flexibility index (Phi) is 3.44. The highest BCUT2D eigenvalue weighted by atomic mass is 127. The molecule has 0 fully saturated rings. The van der Waals surface area contributed by atoms with Crippen molar-refractivity contribution in [2.24, 2.45) is 0 Å². The van der Waals surface area contributed by atoms with E-state index < -0.39 is 0 Å². The number of halogens is 3. The van der Waals surface area contributed by atoms with Crippen molar-refractivity contribution < 1.29 is 4.39 Å². The summed E-state index contributed by atoms with van der Waals surface area (Å²) in [5.74, 6) is -0.293. The lowest BCUT2D eigenvalue weighted by Gasteiger charge is -2.09. The van der Waals surface area contributed by atoms with Gasteiger partial charge < -0.3 is 5.73 Å². The molecular weight excluding hydrogens is 400 g/mol. The molecule has 1 aromatic heterocycles. The molecule has 17 heavy (non-hydrogen) atoms. The Morgan fingerprint density at radius 2 is 2.06 bits per heavy atom. The number of aromatic nitrogens is 2. The molecule has 0 aliphatic heterocycles. The predicted molar refractivity (Wildman–Crippen MR) is 77.8 cm³/mol. The molecule has 0 atom stereocenters. The zero-order chi connectivity index (χ0) is 12.7. The fraction of sp³-hybridized carbons (Fsp3) is 0.182. The fourth-order valence-electron chi connectivity index (χ4n) is 1.59. The molecule has 0 saturated heterocycles. The first kappa shape index (κ1) is 12.8. The summed E-state index contributed by atoms with van der Waals surface area (Å²) in [6.45, 7) is 3.78. The molecule has 1 aromatic carbocycles. The number of anilines is 1. The largest absolute Gasteiger partial charge is 0.397 e. The third kappa shape index (κ3) is 2.20. The van der Waals surface area contributed by atoms with Crippen molar-refractivity contribution in [3.63, 3.8) is 0 Å². The van der Waals surface area contributed by atoms with Crippen LogP contribution < -0.4 is 5.73 Å². The molecule has 2 aromatic rings. The van der Waals surface area contributed by atoms with Crippen LogP contribution in [0.4, 0.5) is 10.1 Å². The van der Waals surface area contributed by atoms with Crippen molar-refractivity contribution in [1.29, 1.82) is 0 Å². The third-order valence-corrected chi connectivity index (χ3v) is 4.48. The first-order valence-electron chi connectivity index (χ1n) is 4.88. The number of aryl methyl sites for hydroxylation is 1. The normalized spacial score (nSPS) is 10.9. The SMILES string of the molecule is Cc1nn(-c2cc(F)c(I)cc2N)c(C)c1Br. The van der Waals surface area contributed by atoms with E-state index in [4.69, 9.17) is 5.73 Å². The van der Waals surface area contributed by atoms with Crippen LogP contribution in [0.25, 0.3) is 5.69 Å². The highest BCUT2D eigenvalue weighted by Crippen LogP contribution is 2.27. The minimum atomic E-state index is -0.293. The van der Waals surface area contributed by atoms with E-state index in [0.29, 0.717) is 14.9 Å². The van der Waals surface area contributed by atoms with Gasteiger partial charge in [0.2, 0.25) is 0 Å². The Balaban J connectivity index is 2.68. The van der Waals surface area contributed by atoms with Crippen LogP contribution in [0.2, 0.25) is 0 Å². The van der Waals surface area contributed by atoms with E-state index >= 15 is 0 Å². The Morgan fingerprint density at radius 1 is 1.41 bits per heavy atom. The van der Waals surface area contributed by atoms with E-state index in [-0.39, 0.29) is 5.82 Å². The van der Waals surface area contributed by atoms with Gasteiger partial charge in [0.1, 0.15) is 5.82 Å². The molecule has 2 N–H and O–H groups in total. The zero-order valence-electron chi connectivity index (χ0n) is 9.26. The molecule has 0 amide bonds. The van der Waals surface area contributed by atoms with E-state index in [2.05, 4.69) is 21.0 Å². The number of rotatable bonds is 1. The standard InChI is InChI=1S/C11H10BrFIN3/c1-5-11(12)6(2)17(16-5)10-3-7(13)8(14)4-9(10)15/h3-4H,15H2,1-2H3. The van der Waals surface area contributed by atoms with Crippen LogP contribution in [0.15, 0.2) is 16.6 Å². The predicted octanol–water partition coefficient (Wildman–Crippen LogP) is 3.58. The van der Waals surface area contributed by atoms with Gasteiger partial charge in [-0.1, -0.05) is 0 Å². The summed E-state index contributed by atoms with van der Waals surface area (Å²) in [7, 11) is 0. The van der Waals surface area contributed by atoms with Crippen molar-refractivity contribution in [1.82, 2.24) is 9.78 Å². The van der Waals surface area contributed by atoms with Crippen LogP contribution >= 0.6 is 38.5 Å². The van der Waals surface area contributed by atoms with Gasteiger partial charge in [-0.25, -0.2) is 9.07 Å². The minimum Gasteiger partial charge on any atom is -0.397 e. The lowest BCUT2D eigenvalue weighted by atomic mass is 10.2. The van der Waals surface area contributed by atoms with Crippen LogP contribution in [0.1, 0.15) is 11.4 Å². The van der Waals surface area contributed by atoms with Crippen molar-refractivity contribution in [3.05, 3.63) is 37.4 Å². The molecule has 0 bridgehead atoms. The van der Waals surface area contributed by atoms with Crippen LogP contribution in [0.5, 0.6) is 0 Å². The molecule has 1 heterocycles. The molecule has 2 rings (SSSR count). The fourth-order valence-corrected chi connectivity index (χ4v) is 2.33. The molecule has 3 nitrogen and oxygen atoms in total. The van der Waals surface area contributed by atoms with E-state index in [1.807, 2.05) is 36.4 Å². The van der Waals surface area contributed by atoms with Crippen LogP contribution in [-0.4, -0.2) is 9.78 Å². The van der Waals surface area contributed by atoms with Crippen LogP contribution in [0.3, 0.4) is 0 Å². The molecule has 0 spiro atoms. The van der Waals surface area contributed by atoms with Gasteiger partial charge in [-0.05, 0) is 58.4 Å². The Hall–Kier alpha value is -0.630. The lowest BCUT2D eigenvalue weighted by Crippen LogP contribution is -2.05. The van der Waals surface area contributed by atoms with Gasteiger partial charge in [0.25, 0.3) is 0 Å². The van der Waals surface area contributed by atoms with Gasteiger partial charge in [0, 0.05) is 6.07 Å². The average Bonchev–Trinajstić information content (AvgIpc) is 2.51. The summed E-state index contributed by atoms with van der Waals surface area (Å²) in [6, 6.07) is 3.01. The molecule has 0 aliphatic rings. The van der Waals surface area contributed by atoms with Gasteiger partial charge in [0.05, 0.1) is 30.8 Å². The Bertz CT molecular complexity index is 595. The monoisotopic (exact) mass is 409 g/mol. The number of nitrogens with zero attached hydrogens (tertiary/aromatic N) is 2. The molecule has 0 aliphatic carbocycles. The van der Waals surface area contributed by atoms with E-state index in [1.54, 1.807) is 10.7 Å². The molecule has 6 heteroatoms. The Morgan fingerprint density at radius 3 is 2.59 bits per heavy atom. The van der Waals surface area contributed by atoms with Gasteiger partial charge in [-0.3, -0.25) is 0 Å². The minimum absolute atomic E-state index is 0.293. The first-order valence-corrected chi connectivity index (χ1v) is 6.75. The number of nitrogen functional groups attached to an aromatic ring is 1. The number of benzene rings is 1. The van der Waals surface area contributed by atoms with Crippen molar-refractivity contribution in [2.45, 2.75) is 13.8 Å². The maximum atomic E-state index is 13.6. The smallest absolute Gasteiger partial charge is 0.138 e. The summed E-state index contributed by atoms with van der Waals surface area (Å²) >= 11 is 5.35. The quantitative estimate of drug-likeness (QED) is 0.577. The average molecular weight is 410 g/mol. The molecule has 90 valence electrons. The molecule has 0 saturated carbocycles. The topological polar surface area (TPSA) is 43.8 Å². The highest BCUT2D eigenvalue weighted by molar-refractivity contribution is 14.1. The molecule has 0 unspecified atom stereocenters. The molecular formula is C11H10BrFIN3. The summed E-state index contributed by atoms with van der Waals surface area (Å²) in [5.41, 5.74) is 8.72. The van der Waals surface area contributed by atoms with Crippen LogP contribution in [0, 0.1) is 23.2 Å². The van der Waals surface area contributed by atoms with Crippen LogP contribution in [-0.2, 0) is 0 Å². The third-order valence-electron chi connectivity index (χ3n) is 2.50. The van der Waals surface area contributed by atoms with E-state index in [1.165, 1.54) is 6.07 Å². The Labute approximate surface area is 120 Å². The maximum absolute atomic E-state index is 13.6. The van der Waals surface area contributed by atoms with Crippen molar-refractivity contribution >= 4 is 44.2 Å². The molecule has 0 radical (unpaired) electrons. The maximum Gasteiger partial charge on any atom is 0.138 e. The summed E-state index contributed by atoms with van der Waals surface area (Å²) in [5, 5.41) is 4.33. The van der Waals surface area contributed by atoms with Crippen molar-refractivity contribution in [2.75, 3.05) is 5.73 Å². The van der Waals surface area contributed by atoms with E-state index in [9.17, 15) is 4.39 Å². The van der Waals surface area contributed by atoms with E-state index in [0.717, 1.165) is 15.9 Å². The first-order chi connectivity index (χ1) is 7.91. The lowest BCUT2D eigenvalue weighted by molar-refractivity contribution is 0.618. The second kappa shape index (κ2) is 4.56. The van der Waals surface area contributed by atoms with Gasteiger partial charge in [-0.2, -0.15) is 5.10 Å². The number of hydrogen-bond donors (Lipinski definition) is 1. The summed E-state index contributed by atoms with van der Waals surface area (Å²) in [6.07, 6.45) is 0. The highest BCUT2D eigenvalue weighted by Gasteiger charge is 2.14. The summed E-state index contributed by atoms with van der Waals surface area (Å²) in [4.78, 5) is 0. The number of nitrogens with two attached hydrogens (primary N) is 1. The zero-order valence-corrected chi connectivity index (χ0v) is 13.0. The van der Waals surface area contributed by atoms with Gasteiger partial charge in [-0.15, -0.1) is 0 Å². The van der Waals surface area contributed by atoms with Gasteiger partial charge in [0.15, 0.2) is 0 Å². The second-order valence-corrected chi connectivity index (χ2v) is 5.68. The second-order valence-electron chi connectivity index (χ2n) is 3.72. The number of hydrogen-bond acceptors (Lipinski definition) is 2. The summed E-state index contributed by atoms with van der Waals surface area (Å²) < 4.78 is 16.6. The van der Waals surface area contributed by atoms with Gasteiger partial charge >= 0.3 is 0 Å².